The molecule has 3 saturated heterocycles. The molecule has 0 aromatic heterocycles. The van der Waals surface area contributed by atoms with Gasteiger partial charge in [-0.1, -0.05) is 30.3 Å². The van der Waals surface area contributed by atoms with Crippen LogP contribution in [0.1, 0.15) is 43.6 Å². The van der Waals surface area contributed by atoms with Crippen molar-refractivity contribution < 1.29 is 9.59 Å². The fourth-order valence-corrected chi connectivity index (χ4v) is 6.25. The average Bonchev–Trinajstić information content (AvgIpc) is 3.32. The molecular weight excluding hydrogens is 344 g/mol. The number of rotatable bonds is 3. The highest BCUT2D eigenvalue weighted by atomic mass is 32.2. The lowest BCUT2D eigenvalue weighted by atomic mass is 9.73. The SMILES string of the molecule is O=C([C@@H]1C2CCC(CC2)N1C(=O)[C@@H]1C[C@@H]1c1ccccc1)N1CCSC1. The molecule has 26 heavy (non-hydrogen) atoms. The van der Waals surface area contributed by atoms with Crippen LogP contribution in [0.25, 0.3) is 0 Å². The number of fused-ring (bicyclic) bond motifs is 3. The minimum absolute atomic E-state index is 0.0833. The summed E-state index contributed by atoms with van der Waals surface area (Å²) in [6, 6.07) is 10.5. The summed E-state index contributed by atoms with van der Waals surface area (Å²) >= 11 is 1.82. The average molecular weight is 371 g/mol. The van der Waals surface area contributed by atoms with Gasteiger partial charge in [0, 0.05) is 24.3 Å². The molecule has 4 nitrogen and oxygen atoms in total. The third kappa shape index (κ3) is 2.75. The first-order valence-electron chi connectivity index (χ1n) is 9.97. The van der Waals surface area contributed by atoms with E-state index in [9.17, 15) is 9.59 Å². The van der Waals surface area contributed by atoms with E-state index in [0.717, 1.165) is 50.3 Å². The van der Waals surface area contributed by atoms with Crippen molar-refractivity contribution in [2.75, 3.05) is 18.2 Å². The second kappa shape index (κ2) is 6.59. The monoisotopic (exact) mass is 370 g/mol. The van der Waals surface area contributed by atoms with Gasteiger partial charge in [0.25, 0.3) is 0 Å². The van der Waals surface area contributed by atoms with Gasteiger partial charge in [-0.25, -0.2) is 0 Å². The van der Waals surface area contributed by atoms with Crippen molar-refractivity contribution in [3.8, 4) is 0 Å². The zero-order valence-electron chi connectivity index (χ0n) is 15.0. The molecule has 0 unspecified atom stereocenters. The molecule has 2 bridgehead atoms. The Labute approximate surface area is 159 Å². The minimum atomic E-state index is -0.189. The zero-order valence-corrected chi connectivity index (χ0v) is 15.9. The summed E-state index contributed by atoms with van der Waals surface area (Å²) in [5.74, 6) is 3.09. The van der Waals surface area contributed by atoms with Crippen LogP contribution in [-0.2, 0) is 9.59 Å². The van der Waals surface area contributed by atoms with E-state index in [1.807, 2.05) is 22.7 Å². The van der Waals surface area contributed by atoms with Crippen molar-refractivity contribution in [3.63, 3.8) is 0 Å². The van der Waals surface area contributed by atoms with E-state index in [1.165, 1.54) is 5.56 Å². The summed E-state index contributed by atoms with van der Waals surface area (Å²) in [4.78, 5) is 30.7. The lowest BCUT2D eigenvalue weighted by Crippen LogP contribution is -2.63. The second-order valence-electron chi connectivity index (χ2n) is 8.26. The molecule has 2 aliphatic carbocycles. The number of carbonyl (C=O) groups is 2. The van der Waals surface area contributed by atoms with E-state index in [0.29, 0.717) is 11.8 Å². The molecule has 5 fully saturated rings. The number of piperidine rings is 2. The van der Waals surface area contributed by atoms with Gasteiger partial charge in [-0.2, -0.15) is 0 Å². The first-order chi connectivity index (χ1) is 12.7. The third-order valence-corrected chi connectivity index (χ3v) is 7.75. The minimum Gasteiger partial charge on any atom is -0.331 e. The van der Waals surface area contributed by atoms with Crippen LogP contribution >= 0.6 is 11.8 Å². The van der Waals surface area contributed by atoms with Gasteiger partial charge in [-0.05, 0) is 49.5 Å². The van der Waals surface area contributed by atoms with E-state index in [-0.39, 0.29) is 29.8 Å². The molecule has 138 valence electrons. The number of benzene rings is 1. The Hall–Kier alpha value is -1.49. The Morgan fingerprint density at radius 1 is 1.00 bits per heavy atom. The number of amides is 2. The van der Waals surface area contributed by atoms with Gasteiger partial charge >= 0.3 is 0 Å². The van der Waals surface area contributed by atoms with E-state index < -0.39 is 0 Å². The molecular formula is C21H26N2O2S. The van der Waals surface area contributed by atoms with Crippen LogP contribution in [0.5, 0.6) is 0 Å². The van der Waals surface area contributed by atoms with Gasteiger partial charge in [-0.3, -0.25) is 9.59 Å². The van der Waals surface area contributed by atoms with Crippen LogP contribution in [0.4, 0.5) is 0 Å². The first kappa shape index (κ1) is 16.7. The Kier molecular flexibility index (Phi) is 4.23. The van der Waals surface area contributed by atoms with Crippen molar-refractivity contribution in [3.05, 3.63) is 35.9 Å². The fraction of sp³-hybridized carbons (Fsp3) is 0.619. The van der Waals surface area contributed by atoms with Gasteiger partial charge in [0.2, 0.25) is 11.8 Å². The molecule has 3 heterocycles. The summed E-state index contributed by atoms with van der Waals surface area (Å²) in [5.41, 5.74) is 1.27. The van der Waals surface area contributed by atoms with Crippen LogP contribution in [0.15, 0.2) is 30.3 Å². The fourth-order valence-electron chi connectivity index (χ4n) is 5.29. The van der Waals surface area contributed by atoms with Crippen molar-refractivity contribution in [1.82, 2.24) is 9.80 Å². The molecule has 1 aromatic rings. The molecule has 3 atom stereocenters. The van der Waals surface area contributed by atoms with E-state index >= 15 is 0 Å². The predicted molar refractivity (Wildman–Crippen MR) is 103 cm³/mol. The van der Waals surface area contributed by atoms with Crippen LogP contribution in [0.2, 0.25) is 0 Å². The summed E-state index contributed by atoms with van der Waals surface area (Å²) in [5, 5.41) is 0. The third-order valence-electron chi connectivity index (χ3n) is 6.79. The highest BCUT2D eigenvalue weighted by molar-refractivity contribution is 7.99. The van der Waals surface area contributed by atoms with Crippen LogP contribution in [0, 0.1) is 11.8 Å². The zero-order chi connectivity index (χ0) is 17.7. The van der Waals surface area contributed by atoms with Gasteiger partial charge in [0.1, 0.15) is 6.04 Å². The number of hydrogen-bond acceptors (Lipinski definition) is 3. The van der Waals surface area contributed by atoms with Gasteiger partial charge < -0.3 is 9.80 Å². The topological polar surface area (TPSA) is 40.6 Å². The van der Waals surface area contributed by atoms with Crippen LogP contribution in [-0.4, -0.2) is 51.9 Å². The summed E-state index contributed by atoms with van der Waals surface area (Å²) in [7, 11) is 0. The molecule has 3 aliphatic heterocycles. The molecule has 6 rings (SSSR count). The largest absolute Gasteiger partial charge is 0.331 e. The van der Waals surface area contributed by atoms with E-state index in [4.69, 9.17) is 0 Å². The molecule has 5 heteroatoms. The Morgan fingerprint density at radius 3 is 2.46 bits per heavy atom. The maximum Gasteiger partial charge on any atom is 0.246 e. The summed E-state index contributed by atoms with van der Waals surface area (Å²) in [6.07, 6.45) is 5.32. The van der Waals surface area contributed by atoms with Crippen molar-refractivity contribution in [2.24, 2.45) is 11.8 Å². The predicted octanol–water partition coefficient (Wildman–Crippen LogP) is 3.09. The first-order valence-corrected chi connectivity index (χ1v) is 11.1. The smallest absolute Gasteiger partial charge is 0.246 e. The molecule has 2 saturated carbocycles. The standard InChI is InChI=1S/C21H26N2O2S/c24-20(18-12-17(18)14-4-2-1-3-5-14)23-16-8-6-15(7-9-16)19(23)21(25)22-10-11-26-13-22/h1-5,15-19H,6-13H2/t15?,16?,17-,18-,19+/m1/s1. The maximum absolute atomic E-state index is 13.4. The van der Waals surface area contributed by atoms with E-state index in [1.54, 1.807) is 0 Å². The quantitative estimate of drug-likeness (QED) is 0.821. The molecule has 1 aromatic carbocycles. The lowest BCUT2D eigenvalue weighted by molar-refractivity contribution is -0.159. The maximum atomic E-state index is 13.4. The van der Waals surface area contributed by atoms with Gasteiger partial charge in [-0.15, -0.1) is 11.8 Å². The van der Waals surface area contributed by atoms with Gasteiger partial charge in [0.15, 0.2) is 0 Å². The Morgan fingerprint density at radius 2 is 1.77 bits per heavy atom. The van der Waals surface area contributed by atoms with Crippen LogP contribution < -0.4 is 0 Å². The Balaban J connectivity index is 1.37. The van der Waals surface area contributed by atoms with Crippen LogP contribution in [0.3, 0.4) is 0 Å². The van der Waals surface area contributed by atoms with E-state index in [2.05, 4.69) is 29.2 Å². The Bertz CT molecular complexity index is 695. The lowest BCUT2D eigenvalue weighted by Gasteiger charge is -2.51. The van der Waals surface area contributed by atoms with Crippen molar-refractivity contribution >= 4 is 23.6 Å². The van der Waals surface area contributed by atoms with Crippen molar-refractivity contribution in [1.29, 1.82) is 0 Å². The molecule has 0 spiro atoms. The summed E-state index contributed by atoms with van der Waals surface area (Å²) in [6.45, 7) is 0.843. The van der Waals surface area contributed by atoms with Gasteiger partial charge in [0.05, 0.1) is 5.88 Å². The number of hydrogen-bond donors (Lipinski definition) is 0. The molecule has 0 radical (unpaired) electrons. The number of nitrogens with zero attached hydrogens (tertiary/aromatic N) is 2. The second-order valence-corrected chi connectivity index (χ2v) is 9.33. The number of thioether (sulfide) groups is 1. The normalized spacial score (nSPS) is 35.6. The molecule has 0 N–H and O–H groups in total. The molecule has 2 amide bonds. The highest BCUT2D eigenvalue weighted by Gasteiger charge is 2.54. The summed E-state index contributed by atoms with van der Waals surface area (Å²) < 4.78 is 0. The highest BCUT2D eigenvalue weighted by Crippen LogP contribution is 2.51. The number of carbonyl (C=O) groups excluding carboxylic acids is 2. The molecule has 5 aliphatic rings. The van der Waals surface area contributed by atoms with Crippen molar-refractivity contribution in [2.45, 2.75) is 50.1 Å².